The predicted molar refractivity (Wildman–Crippen MR) is 66.0 cm³/mol. The highest BCUT2D eigenvalue weighted by Crippen LogP contribution is 2.08. The van der Waals surface area contributed by atoms with Crippen LogP contribution in [0.3, 0.4) is 0 Å². The Hall–Kier alpha value is -0.650. The lowest BCUT2D eigenvalue weighted by atomic mass is 10.2. The van der Waals surface area contributed by atoms with Gasteiger partial charge in [-0.3, -0.25) is 9.69 Å². The van der Waals surface area contributed by atoms with Crippen molar-refractivity contribution in [3.05, 3.63) is 0 Å². The first-order valence-corrected chi connectivity index (χ1v) is 6.39. The molecule has 0 radical (unpaired) electrons. The largest absolute Gasteiger partial charge is 0.465 e. The standard InChI is InChI=1S/C12H24N2O3/c1-4-10-8-14(6-7-17-10)9-11(13-3)12(15)16-5-2/h10-11,13H,4-9H2,1-3H3. The van der Waals surface area contributed by atoms with E-state index in [4.69, 9.17) is 9.47 Å². The lowest BCUT2D eigenvalue weighted by Crippen LogP contribution is -2.50. The van der Waals surface area contributed by atoms with Crippen molar-refractivity contribution in [1.29, 1.82) is 0 Å². The molecule has 1 N–H and O–H groups in total. The highest BCUT2D eigenvalue weighted by atomic mass is 16.5. The van der Waals surface area contributed by atoms with Crippen molar-refractivity contribution in [2.24, 2.45) is 0 Å². The molecule has 100 valence electrons. The van der Waals surface area contributed by atoms with Gasteiger partial charge in [0.2, 0.25) is 0 Å². The van der Waals surface area contributed by atoms with Crippen molar-refractivity contribution in [2.75, 3.05) is 39.9 Å². The quantitative estimate of drug-likeness (QED) is 0.679. The van der Waals surface area contributed by atoms with E-state index in [1.54, 1.807) is 7.05 Å². The molecule has 0 spiro atoms. The summed E-state index contributed by atoms with van der Waals surface area (Å²) in [5.41, 5.74) is 0. The Balaban J connectivity index is 2.41. The molecule has 2 unspecified atom stereocenters. The Kier molecular flexibility index (Phi) is 6.47. The first-order chi connectivity index (χ1) is 8.21. The summed E-state index contributed by atoms with van der Waals surface area (Å²) in [6.07, 6.45) is 1.31. The summed E-state index contributed by atoms with van der Waals surface area (Å²) < 4.78 is 10.6. The fraction of sp³-hybridized carbons (Fsp3) is 0.917. The molecule has 17 heavy (non-hydrogen) atoms. The number of carbonyl (C=O) groups is 1. The van der Waals surface area contributed by atoms with E-state index in [0.29, 0.717) is 19.3 Å². The van der Waals surface area contributed by atoms with Crippen LogP contribution in [0.1, 0.15) is 20.3 Å². The van der Waals surface area contributed by atoms with Crippen molar-refractivity contribution < 1.29 is 14.3 Å². The number of nitrogens with one attached hydrogen (secondary N) is 1. The van der Waals surface area contributed by atoms with Gasteiger partial charge < -0.3 is 14.8 Å². The van der Waals surface area contributed by atoms with Crippen molar-refractivity contribution in [2.45, 2.75) is 32.4 Å². The van der Waals surface area contributed by atoms with E-state index in [1.807, 2.05) is 6.92 Å². The van der Waals surface area contributed by atoms with Crippen molar-refractivity contribution in [3.63, 3.8) is 0 Å². The van der Waals surface area contributed by atoms with Gasteiger partial charge in [0, 0.05) is 19.6 Å². The zero-order chi connectivity index (χ0) is 12.7. The van der Waals surface area contributed by atoms with E-state index < -0.39 is 0 Å². The summed E-state index contributed by atoms with van der Waals surface area (Å²) in [6.45, 7) is 7.59. The molecule has 1 aliphatic heterocycles. The second kappa shape index (κ2) is 7.63. The van der Waals surface area contributed by atoms with Crippen LogP contribution in [0.15, 0.2) is 0 Å². The number of rotatable bonds is 6. The van der Waals surface area contributed by atoms with E-state index >= 15 is 0 Å². The van der Waals surface area contributed by atoms with Crippen LogP contribution >= 0.6 is 0 Å². The molecule has 5 heteroatoms. The predicted octanol–water partition coefficient (Wildman–Crippen LogP) is 0.248. The van der Waals surface area contributed by atoms with Crippen LogP contribution in [-0.4, -0.2) is 62.9 Å². The lowest BCUT2D eigenvalue weighted by molar-refractivity contribution is -0.146. The van der Waals surface area contributed by atoms with E-state index in [2.05, 4.69) is 17.1 Å². The number of likely N-dealkylation sites (N-methyl/N-ethyl adjacent to an activating group) is 1. The number of morpholine rings is 1. The molecule has 1 heterocycles. The maximum atomic E-state index is 11.7. The van der Waals surface area contributed by atoms with Crippen LogP contribution in [0.4, 0.5) is 0 Å². The summed E-state index contributed by atoms with van der Waals surface area (Å²) in [5.74, 6) is -0.172. The van der Waals surface area contributed by atoms with Gasteiger partial charge in [-0.2, -0.15) is 0 Å². The van der Waals surface area contributed by atoms with Gasteiger partial charge in [-0.25, -0.2) is 0 Å². The van der Waals surface area contributed by atoms with Gasteiger partial charge in [0.05, 0.1) is 19.3 Å². The average Bonchev–Trinajstić information content (AvgIpc) is 2.36. The van der Waals surface area contributed by atoms with Crippen LogP contribution in [0.25, 0.3) is 0 Å². The number of esters is 1. The summed E-state index contributed by atoms with van der Waals surface area (Å²) >= 11 is 0. The molecule has 0 amide bonds. The second-order valence-electron chi connectivity index (χ2n) is 4.25. The van der Waals surface area contributed by atoms with Gasteiger partial charge in [0.15, 0.2) is 0 Å². The third-order valence-electron chi connectivity index (χ3n) is 3.04. The molecular weight excluding hydrogens is 220 g/mol. The number of hydrogen-bond acceptors (Lipinski definition) is 5. The summed E-state index contributed by atoms with van der Waals surface area (Å²) in [7, 11) is 1.79. The Morgan fingerprint density at radius 2 is 2.35 bits per heavy atom. The Bertz CT molecular complexity index is 236. The molecule has 0 saturated carbocycles. The van der Waals surface area contributed by atoms with E-state index in [0.717, 1.165) is 26.1 Å². The summed E-state index contributed by atoms with van der Waals surface area (Å²) in [5, 5.41) is 3.01. The number of carbonyl (C=O) groups excluding carboxylic acids is 1. The molecule has 0 aromatic rings. The van der Waals surface area contributed by atoms with Crippen LogP contribution in [0.5, 0.6) is 0 Å². The molecule has 1 rings (SSSR count). The maximum Gasteiger partial charge on any atom is 0.324 e. The van der Waals surface area contributed by atoms with Crippen molar-refractivity contribution in [3.8, 4) is 0 Å². The van der Waals surface area contributed by atoms with Crippen LogP contribution in [0, 0.1) is 0 Å². The molecule has 1 fully saturated rings. The summed E-state index contributed by atoms with van der Waals surface area (Å²) in [6, 6.07) is -0.245. The van der Waals surface area contributed by atoms with E-state index in [-0.39, 0.29) is 12.0 Å². The van der Waals surface area contributed by atoms with Gasteiger partial charge in [0.1, 0.15) is 6.04 Å². The Morgan fingerprint density at radius 3 is 2.94 bits per heavy atom. The van der Waals surface area contributed by atoms with Crippen LogP contribution in [0.2, 0.25) is 0 Å². The molecular formula is C12H24N2O3. The second-order valence-corrected chi connectivity index (χ2v) is 4.25. The van der Waals surface area contributed by atoms with Crippen LogP contribution < -0.4 is 5.32 Å². The van der Waals surface area contributed by atoms with E-state index in [9.17, 15) is 4.79 Å². The van der Waals surface area contributed by atoms with E-state index in [1.165, 1.54) is 0 Å². The normalized spacial score (nSPS) is 23.4. The first kappa shape index (κ1) is 14.4. The molecule has 0 aromatic carbocycles. The summed E-state index contributed by atoms with van der Waals surface area (Å²) in [4.78, 5) is 13.9. The molecule has 0 aromatic heterocycles. The van der Waals surface area contributed by atoms with Gasteiger partial charge in [-0.1, -0.05) is 6.92 Å². The third kappa shape index (κ3) is 4.61. The average molecular weight is 244 g/mol. The fourth-order valence-corrected chi connectivity index (χ4v) is 1.98. The van der Waals surface area contributed by atoms with Crippen molar-refractivity contribution >= 4 is 5.97 Å². The molecule has 1 saturated heterocycles. The SMILES string of the molecule is CCOC(=O)C(CN1CCOC(CC)C1)NC. The van der Waals surface area contributed by atoms with Crippen molar-refractivity contribution in [1.82, 2.24) is 10.2 Å². The molecule has 2 atom stereocenters. The monoisotopic (exact) mass is 244 g/mol. The smallest absolute Gasteiger partial charge is 0.324 e. The third-order valence-corrected chi connectivity index (χ3v) is 3.04. The maximum absolute atomic E-state index is 11.7. The highest BCUT2D eigenvalue weighted by Gasteiger charge is 2.25. The molecule has 1 aliphatic rings. The Labute approximate surface area is 103 Å². The number of ether oxygens (including phenoxy) is 2. The zero-order valence-corrected chi connectivity index (χ0v) is 11.1. The zero-order valence-electron chi connectivity index (χ0n) is 11.1. The van der Waals surface area contributed by atoms with Gasteiger partial charge in [0.25, 0.3) is 0 Å². The minimum atomic E-state index is -0.245. The number of nitrogens with zero attached hydrogens (tertiary/aromatic N) is 1. The molecule has 0 bridgehead atoms. The highest BCUT2D eigenvalue weighted by molar-refractivity contribution is 5.76. The fourth-order valence-electron chi connectivity index (χ4n) is 1.98. The minimum Gasteiger partial charge on any atom is -0.465 e. The minimum absolute atomic E-state index is 0.172. The lowest BCUT2D eigenvalue weighted by Gasteiger charge is -2.34. The number of hydrogen-bond donors (Lipinski definition) is 1. The van der Waals surface area contributed by atoms with Gasteiger partial charge in [-0.05, 0) is 20.4 Å². The first-order valence-electron chi connectivity index (χ1n) is 6.39. The van der Waals surface area contributed by atoms with Gasteiger partial charge in [-0.15, -0.1) is 0 Å². The Morgan fingerprint density at radius 1 is 1.59 bits per heavy atom. The van der Waals surface area contributed by atoms with Gasteiger partial charge >= 0.3 is 5.97 Å². The molecule has 5 nitrogen and oxygen atoms in total. The molecule has 0 aliphatic carbocycles. The topological polar surface area (TPSA) is 50.8 Å². The van der Waals surface area contributed by atoms with Crippen LogP contribution in [-0.2, 0) is 14.3 Å².